The number of hydrogen-bond acceptors (Lipinski definition) is 5. The van der Waals surface area contributed by atoms with Gasteiger partial charge >= 0.3 is 0 Å². The van der Waals surface area contributed by atoms with Crippen LogP contribution in [0.25, 0.3) is 11.0 Å². The monoisotopic (exact) mass is 446 g/mol. The van der Waals surface area contributed by atoms with Crippen molar-refractivity contribution in [1.82, 2.24) is 19.8 Å². The summed E-state index contributed by atoms with van der Waals surface area (Å²) in [5, 5.41) is 5.53. The van der Waals surface area contributed by atoms with Crippen LogP contribution in [0.5, 0.6) is 0 Å². The Morgan fingerprint density at radius 1 is 1.03 bits per heavy atom. The van der Waals surface area contributed by atoms with Gasteiger partial charge < -0.3 is 25.0 Å². The molecule has 33 heavy (non-hydrogen) atoms. The van der Waals surface area contributed by atoms with Crippen LogP contribution < -0.4 is 15.5 Å². The standard InChI is InChI=1S/C24H26N6O3/c1-28-20-9-5-4-8-18(20)27-24(28)30-14-12-29(13-15-30)21(31)11-10-19-23(33)25-17-7-3-2-6-16(17)22(32)26-19/h2-9,19H,10-15H2,1H3,(H,25,33)(H,26,32)/t19-/m1/s1. The molecule has 0 spiro atoms. The molecule has 1 atom stereocenters. The molecule has 9 heteroatoms. The molecule has 3 aromatic rings. The van der Waals surface area contributed by atoms with Crippen molar-refractivity contribution in [2.75, 3.05) is 36.4 Å². The Morgan fingerprint density at radius 2 is 1.76 bits per heavy atom. The van der Waals surface area contributed by atoms with Crippen LogP contribution in [0.1, 0.15) is 23.2 Å². The van der Waals surface area contributed by atoms with Crippen molar-refractivity contribution in [1.29, 1.82) is 0 Å². The third kappa shape index (κ3) is 4.02. The Balaban J connectivity index is 1.17. The molecule has 9 nitrogen and oxygen atoms in total. The second-order valence-electron chi connectivity index (χ2n) is 8.43. The first-order chi connectivity index (χ1) is 16.0. The minimum atomic E-state index is -0.741. The van der Waals surface area contributed by atoms with E-state index in [1.165, 1.54) is 0 Å². The van der Waals surface area contributed by atoms with Crippen molar-refractivity contribution in [2.24, 2.45) is 7.05 Å². The molecule has 0 radical (unpaired) electrons. The number of carbonyl (C=O) groups is 3. The van der Waals surface area contributed by atoms with Gasteiger partial charge in [0.05, 0.1) is 22.3 Å². The van der Waals surface area contributed by atoms with Gasteiger partial charge in [-0.05, 0) is 30.7 Å². The van der Waals surface area contributed by atoms with Crippen molar-refractivity contribution >= 4 is 40.4 Å². The van der Waals surface area contributed by atoms with Crippen LogP contribution >= 0.6 is 0 Å². The van der Waals surface area contributed by atoms with E-state index in [-0.39, 0.29) is 30.6 Å². The fraction of sp³-hybridized carbons (Fsp3) is 0.333. The number of aryl methyl sites for hydroxylation is 1. The van der Waals surface area contributed by atoms with Gasteiger partial charge in [-0.3, -0.25) is 14.4 Å². The van der Waals surface area contributed by atoms with Crippen LogP contribution in [-0.2, 0) is 16.6 Å². The van der Waals surface area contributed by atoms with Crippen LogP contribution in [0.15, 0.2) is 48.5 Å². The highest BCUT2D eigenvalue weighted by Crippen LogP contribution is 2.23. The quantitative estimate of drug-likeness (QED) is 0.636. The molecule has 2 N–H and O–H groups in total. The molecule has 1 aromatic heterocycles. The summed E-state index contributed by atoms with van der Waals surface area (Å²) in [6, 6.07) is 14.2. The molecule has 2 aliphatic heterocycles. The number of anilines is 2. The maximum atomic E-state index is 12.8. The van der Waals surface area contributed by atoms with Gasteiger partial charge in [-0.2, -0.15) is 0 Å². The molecule has 3 amide bonds. The molecule has 1 fully saturated rings. The Kier molecular flexibility index (Phi) is 5.45. The molecule has 5 rings (SSSR count). The number of rotatable bonds is 4. The maximum absolute atomic E-state index is 12.8. The Labute approximate surface area is 191 Å². The second kappa shape index (κ2) is 8.57. The highest BCUT2D eigenvalue weighted by atomic mass is 16.2. The molecule has 0 bridgehead atoms. The van der Waals surface area contributed by atoms with Gasteiger partial charge in [-0.1, -0.05) is 24.3 Å². The molecule has 3 heterocycles. The van der Waals surface area contributed by atoms with E-state index in [4.69, 9.17) is 4.98 Å². The van der Waals surface area contributed by atoms with Crippen LogP contribution in [0, 0.1) is 0 Å². The van der Waals surface area contributed by atoms with Crippen molar-refractivity contribution in [3.63, 3.8) is 0 Å². The third-order valence-electron chi connectivity index (χ3n) is 6.38. The fourth-order valence-corrected chi connectivity index (χ4v) is 4.51. The first kappa shape index (κ1) is 21.0. The van der Waals surface area contributed by atoms with E-state index in [9.17, 15) is 14.4 Å². The van der Waals surface area contributed by atoms with E-state index in [1.807, 2.05) is 36.2 Å². The van der Waals surface area contributed by atoms with E-state index in [0.717, 1.165) is 17.0 Å². The lowest BCUT2D eigenvalue weighted by Gasteiger charge is -2.35. The van der Waals surface area contributed by atoms with Crippen molar-refractivity contribution in [3.05, 3.63) is 54.1 Å². The molecule has 170 valence electrons. The summed E-state index contributed by atoms with van der Waals surface area (Å²) in [7, 11) is 2.01. The van der Waals surface area contributed by atoms with Crippen LogP contribution in [-0.4, -0.2) is 64.4 Å². The molecule has 1 saturated heterocycles. The minimum Gasteiger partial charge on any atom is -0.340 e. The van der Waals surface area contributed by atoms with E-state index >= 15 is 0 Å². The molecule has 2 aliphatic rings. The van der Waals surface area contributed by atoms with Crippen LogP contribution in [0.3, 0.4) is 0 Å². The maximum Gasteiger partial charge on any atom is 0.254 e. The van der Waals surface area contributed by atoms with Crippen LogP contribution in [0.4, 0.5) is 11.6 Å². The summed E-state index contributed by atoms with van der Waals surface area (Å²) in [6.07, 6.45) is 0.455. The van der Waals surface area contributed by atoms with E-state index < -0.39 is 6.04 Å². The number of imidazole rings is 1. The number of amides is 3. The molecule has 0 aliphatic carbocycles. The van der Waals surface area contributed by atoms with Gasteiger partial charge in [-0.25, -0.2) is 4.98 Å². The molecule has 2 aromatic carbocycles. The Morgan fingerprint density at radius 3 is 2.55 bits per heavy atom. The predicted octanol–water partition coefficient (Wildman–Crippen LogP) is 1.75. The Hall–Kier alpha value is -3.88. The smallest absolute Gasteiger partial charge is 0.254 e. The SMILES string of the molecule is Cn1c(N2CCN(C(=O)CC[C@H]3NC(=O)c4ccccc4NC3=O)CC2)nc2ccccc21. The highest BCUT2D eigenvalue weighted by molar-refractivity contribution is 6.09. The minimum absolute atomic E-state index is 0.0107. The number of aromatic nitrogens is 2. The summed E-state index contributed by atoms with van der Waals surface area (Å²) in [5.41, 5.74) is 2.96. The predicted molar refractivity (Wildman–Crippen MR) is 125 cm³/mol. The first-order valence-electron chi connectivity index (χ1n) is 11.2. The fourth-order valence-electron chi connectivity index (χ4n) is 4.51. The van der Waals surface area contributed by atoms with Gasteiger partial charge in [0, 0.05) is 39.6 Å². The number of hydrogen-bond donors (Lipinski definition) is 2. The molecule has 0 saturated carbocycles. The van der Waals surface area contributed by atoms with E-state index in [1.54, 1.807) is 24.3 Å². The molecular weight excluding hydrogens is 420 g/mol. The Bertz CT molecular complexity index is 1230. The van der Waals surface area contributed by atoms with Gasteiger partial charge in [0.2, 0.25) is 17.8 Å². The van der Waals surface area contributed by atoms with Crippen molar-refractivity contribution in [2.45, 2.75) is 18.9 Å². The van der Waals surface area contributed by atoms with Gasteiger partial charge in [0.25, 0.3) is 5.91 Å². The van der Waals surface area contributed by atoms with E-state index in [0.29, 0.717) is 37.4 Å². The lowest BCUT2D eigenvalue weighted by atomic mass is 10.1. The second-order valence-corrected chi connectivity index (χ2v) is 8.43. The van der Waals surface area contributed by atoms with Gasteiger partial charge in [0.1, 0.15) is 6.04 Å². The zero-order valence-corrected chi connectivity index (χ0v) is 18.5. The largest absolute Gasteiger partial charge is 0.340 e. The first-order valence-corrected chi connectivity index (χ1v) is 11.2. The number of piperazine rings is 1. The zero-order valence-electron chi connectivity index (χ0n) is 18.5. The summed E-state index contributed by atoms with van der Waals surface area (Å²) in [4.78, 5) is 46.6. The number of para-hydroxylation sites is 3. The summed E-state index contributed by atoms with van der Waals surface area (Å²) in [6.45, 7) is 2.57. The average Bonchev–Trinajstić information content (AvgIpc) is 3.12. The lowest BCUT2D eigenvalue weighted by Crippen LogP contribution is -2.50. The highest BCUT2D eigenvalue weighted by Gasteiger charge is 2.29. The number of nitrogens with one attached hydrogen (secondary N) is 2. The van der Waals surface area contributed by atoms with Crippen molar-refractivity contribution < 1.29 is 14.4 Å². The van der Waals surface area contributed by atoms with Crippen molar-refractivity contribution in [3.8, 4) is 0 Å². The normalized spacial score (nSPS) is 18.5. The summed E-state index contributed by atoms with van der Waals surface area (Å²) >= 11 is 0. The molecular formula is C24H26N6O3. The molecule has 0 unspecified atom stereocenters. The number of fused-ring (bicyclic) bond motifs is 2. The van der Waals surface area contributed by atoms with Gasteiger partial charge in [0.15, 0.2) is 0 Å². The zero-order chi connectivity index (χ0) is 22.9. The van der Waals surface area contributed by atoms with Crippen LogP contribution in [0.2, 0.25) is 0 Å². The summed E-state index contributed by atoms with van der Waals surface area (Å²) in [5.74, 6) is 0.286. The topological polar surface area (TPSA) is 99.6 Å². The summed E-state index contributed by atoms with van der Waals surface area (Å²) < 4.78 is 2.08. The third-order valence-corrected chi connectivity index (χ3v) is 6.38. The average molecular weight is 447 g/mol. The van der Waals surface area contributed by atoms with Gasteiger partial charge in [-0.15, -0.1) is 0 Å². The number of benzene rings is 2. The van der Waals surface area contributed by atoms with E-state index in [2.05, 4.69) is 20.1 Å². The lowest BCUT2D eigenvalue weighted by molar-refractivity contribution is -0.131. The number of nitrogens with zero attached hydrogens (tertiary/aromatic N) is 4. The number of carbonyl (C=O) groups excluding carboxylic acids is 3.